The van der Waals surface area contributed by atoms with Gasteiger partial charge < -0.3 is 19.8 Å². The van der Waals surface area contributed by atoms with E-state index in [1.807, 2.05) is 12.1 Å². The smallest absolute Gasteiger partial charge is 0.254 e. The van der Waals surface area contributed by atoms with E-state index in [1.165, 1.54) is 44.3 Å². The lowest BCUT2D eigenvalue weighted by Crippen LogP contribution is -2.45. The second-order valence-electron chi connectivity index (χ2n) is 9.47. The van der Waals surface area contributed by atoms with E-state index in [-0.39, 0.29) is 5.91 Å². The van der Waals surface area contributed by atoms with Crippen LogP contribution in [-0.2, 0) is 19.6 Å². The summed E-state index contributed by atoms with van der Waals surface area (Å²) in [6.07, 6.45) is 11.9. The van der Waals surface area contributed by atoms with Crippen molar-refractivity contribution in [2.75, 3.05) is 26.2 Å². The molecule has 0 saturated carbocycles. The summed E-state index contributed by atoms with van der Waals surface area (Å²) in [5.74, 6) is 1.47. The predicted molar refractivity (Wildman–Crippen MR) is 138 cm³/mol. The minimum Gasteiger partial charge on any atom is -0.347 e. The van der Waals surface area contributed by atoms with Gasteiger partial charge in [0.2, 0.25) is 0 Å². The van der Waals surface area contributed by atoms with Gasteiger partial charge in [-0.05, 0) is 69.6 Å². The zero-order chi connectivity index (χ0) is 24.5. The molecule has 0 atom stereocenters. The maximum absolute atomic E-state index is 13.3. The molecule has 8 heteroatoms. The molecule has 0 aliphatic carbocycles. The number of imidazole rings is 2. The van der Waals surface area contributed by atoms with E-state index in [2.05, 4.69) is 55.7 Å². The minimum atomic E-state index is -0.0305. The molecule has 1 saturated heterocycles. The SMILES string of the molecule is CCCN(CCC)C1CCN(Cc2ccc(C(=O)N(Cc3ncc[nH]3)Cc3ncc[nH]3)cc2)CC1. The molecule has 3 heterocycles. The van der Waals surface area contributed by atoms with Crippen LogP contribution in [0, 0.1) is 0 Å². The van der Waals surface area contributed by atoms with E-state index in [9.17, 15) is 4.79 Å². The second-order valence-corrected chi connectivity index (χ2v) is 9.47. The molecular formula is C27H39N7O. The van der Waals surface area contributed by atoms with Crippen LogP contribution in [0.2, 0.25) is 0 Å². The summed E-state index contributed by atoms with van der Waals surface area (Å²) >= 11 is 0. The highest BCUT2D eigenvalue weighted by Gasteiger charge is 2.24. The van der Waals surface area contributed by atoms with Gasteiger partial charge in [-0.15, -0.1) is 0 Å². The average molecular weight is 478 g/mol. The summed E-state index contributed by atoms with van der Waals surface area (Å²) in [5.41, 5.74) is 1.93. The van der Waals surface area contributed by atoms with Crippen molar-refractivity contribution in [3.05, 3.63) is 71.8 Å². The van der Waals surface area contributed by atoms with Crippen molar-refractivity contribution in [3.63, 3.8) is 0 Å². The molecule has 188 valence electrons. The number of aromatic amines is 2. The van der Waals surface area contributed by atoms with E-state index in [0.29, 0.717) is 18.7 Å². The highest BCUT2D eigenvalue weighted by atomic mass is 16.2. The third-order valence-corrected chi connectivity index (χ3v) is 6.78. The molecule has 0 radical (unpaired) electrons. The molecule has 3 aromatic rings. The Morgan fingerprint density at radius 3 is 2.00 bits per heavy atom. The maximum atomic E-state index is 13.3. The molecule has 1 aliphatic rings. The molecule has 0 bridgehead atoms. The summed E-state index contributed by atoms with van der Waals surface area (Å²) in [4.78, 5) is 35.1. The Morgan fingerprint density at radius 2 is 1.51 bits per heavy atom. The zero-order valence-corrected chi connectivity index (χ0v) is 21.1. The maximum Gasteiger partial charge on any atom is 0.254 e. The van der Waals surface area contributed by atoms with Gasteiger partial charge in [-0.3, -0.25) is 9.69 Å². The third kappa shape index (κ3) is 7.02. The highest BCUT2D eigenvalue weighted by molar-refractivity contribution is 5.94. The van der Waals surface area contributed by atoms with Gasteiger partial charge in [0.25, 0.3) is 5.91 Å². The third-order valence-electron chi connectivity index (χ3n) is 6.78. The van der Waals surface area contributed by atoms with E-state index >= 15 is 0 Å². The molecule has 35 heavy (non-hydrogen) atoms. The molecule has 0 spiro atoms. The van der Waals surface area contributed by atoms with E-state index < -0.39 is 0 Å². The average Bonchev–Trinajstić information content (AvgIpc) is 3.59. The Bertz CT molecular complexity index is 951. The van der Waals surface area contributed by atoms with Gasteiger partial charge in [0, 0.05) is 42.9 Å². The molecule has 2 N–H and O–H groups in total. The molecule has 1 aromatic carbocycles. The summed E-state index contributed by atoms with van der Waals surface area (Å²) in [6, 6.07) is 8.81. The summed E-state index contributed by atoms with van der Waals surface area (Å²) in [6.45, 7) is 11.0. The Kier molecular flexibility index (Phi) is 9.08. The highest BCUT2D eigenvalue weighted by Crippen LogP contribution is 2.20. The monoisotopic (exact) mass is 477 g/mol. The van der Waals surface area contributed by atoms with Gasteiger partial charge in [-0.2, -0.15) is 0 Å². The molecule has 8 nitrogen and oxygen atoms in total. The first-order chi connectivity index (χ1) is 17.2. The first kappa shape index (κ1) is 25.1. The number of nitrogens with zero attached hydrogens (tertiary/aromatic N) is 5. The number of hydrogen-bond acceptors (Lipinski definition) is 5. The first-order valence-corrected chi connectivity index (χ1v) is 13.0. The number of amides is 1. The summed E-state index contributed by atoms with van der Waals surface area (Å²) in [5, 5.41) is 0. The number of H-pyrrole nitrogens is 2. The van der Waals surface area contributed by atoms with Crippen molar-refractivity contribution >= 4 is 5.91 Å². The van der Waals surface area contributed by atoms with Crippen molar-refractivity contribution in [2.24, 2.45) is 0 Å². The Balaban J connectivity index is 1.34. The van der Waals surface area contributed by atoms with Crippen molar-refractivity contribution in [1.82, 2.24) is 34.6 Å². The topological polar surface area (TPSA) is 84.2 Å². The lowest BCUT2D eigenvalue weighted by atomic mass is 10.0. The number of likely N-dealkylation sites (tertiary alicyclic amines) is 1. The van der Waals surface area contributed by atoms with Crippen LogP contribution in [0.3, 0.4) is 0 Å². The number of nitrogens with one attached hydrogen (secondary N) is 2. The molecule has 1 amide bonds. The number of piperidine rings is 1. The standard InChI is InChI=1S/C27H39N7O/c1-3-15-33(16-4-2)24-9-17-32(18-10-24)19-22-5-7-23(8-6-22)27(35)34(20-25-28-11-12-29-25)21-26-30-13-14-31-26/h5-8,11-14,24H,3-4,9-10,15-21H2,1-2H3,(H,28,29)(H,30,31). The quantitative estimate of drug-likeness (QED) is 0.411. The number of hydrogen-bond donors (Lipinski definition) is 2. The van der Waals surface area contributed by atoms with Crippen molar-refractivity contribution < 1.29 is 4.79 Å². The number of carbonyl (C=O) groups is 1. The van der Waals surface area contributed by atoms with Crippen LogP contribution in [0.25, 0.3) is 0 Å². The predicted octanol–water partition coefficient (Wildman–Crippen LogP) is 4.06. The fraction of sp³-hybridized carbons (Fsp3) is 0.519. The van der Waals surface area contributed by atoms with Gasteiger partial charge in [0.05, 0.1) is 13.1 Å². The van der Waals surface area contributed by atoms with Crippen LogP contribution >= 0.6 is 0 Å². The number of rotatable bonds is 12. The number of benzene rings is 1. The summed E-state index contributed by atoms with van der Waals surface area (Å²) < 4.78 is 0. The molecule has 1 fully saturated rings. The molecular weight excluding hydrogens is 438 g/mol. The molecule has 4 rings (SSSR count). The normalized spacial score (nSPS) is 15.1. The van der Waals surface area contributed by atoms with Crippen LogP contribution in [0.15, 0.2) is 49.1 Å². The number of carbonyl (C=O) groups excluding carboxylic acids is 1. The van der Waals surface area contributed by atoms with Gasteiger partial charge in [0.15, 0.2) is 0 Å². The van der Waals surface area contributed by atoms with Crippen molar-refractivity contribution in [2.45, 2.75) is 65.2 Å². The van der Waals surface area contributed by atoms with Gasteiger partial charge in [-0.1, -0.05) is 26.0 Å². The lowest BCUT2D eigenvalue weighted by Gasteiger charge is -2.38. The van der Waals surface area contributed by atoms with Gasteiger partial charge in [-0.25, -0.2) is 9.97 Å². The second kappa shape index (κ2) is 12.7. The number of aromatic nitrogens is 4. The van der Waals surface area contributed by atoms with Crippen molar-refractivity contribution in [3.8, 4) is 0 Å². The van der Waals surface area contributed by atoms with E-state index in [4.69, 9.17) is 0 Å². The van der Waals surface area contributed by atoms with Crippen LogP contribution in [-0.4, -0.2) is 72.8 Å². The van der Waals surface area contributed by atoms with Gasteiger partial charge in [0.1, 0.15) is 11.6 Å². The molecule has 1 aliphatic heterocycles. The lowest BCUT2D eigenvalue weighted by molar-refractivity contribution is 0.0721. The largest absolute Gasteiger partial charge is 0.347 e. The zero-order valence-electron chi connectivity index (χ0n) is 21.1. The Morgan fingerprint density at radius 1 is 0.943 bits per heavy atom. The molecule has 2 aromatic heterocycles. The van der Waals surface area contributed by atoms with Crippen LogP contribution < -0.4 is 0 Å². The Labute approximate surface area is 208 Å². The van der Waals surface area contributed by atoms with E-state index in [1.54, 1.807) is 29.7 Å². The van der Waals surface area contributed by atoms with Crippen LogP contribution in [0.1, 0.15) is 67.1 Å². The fourth-order valence-electron chi connectivity index (χ4n) is 5.02. The van der Waals surface area contributed by atoms with Gasteiger partial charge >= 0.3 is 0 Å². The Hall–Kier alpha value is -2.97. The summed E-state index contributed by atoms with van der Waals surface area (Å²) in [7, 11) is 0. The van der Waals surface area contributed by atoms with E-state index in [0.717, 1.165) is 37.3 Å². The fourth-order valence-corrected chi connectivity index (χ4v) is 5.02. The minimum absolute atomic E-state index is 0.0305. The van der Waals surface area contributed by atoms with Crippen molar-refractivity contribution in [1.29, 1.82) is 0 Å². The van der Waals surface area contributed by atoms with Crippen LogP contribution in [0.5, 0.6) is 0 Å². The van der Waals surface area contributed by atoms with Crippen LogP contribution in [0.4, 0.5) is 0 Å². The molecule has 0 unspecified atom stereocenters. The first-order valence-electron chi connectivity index (χ1n) is 13.0.